The standard InChI is InChI=1S/C21H27FN4O2/c1-3-10-25(21(28)23-4-2)15-19(27)26-13-12-24-11-6-9-18(24)20(26)16-7-5-8-17(22)14-16/h5-9,11,14,20H,3-4,10,12-13,15H2,1-2H3,(H,23,28). The van der Waals surface area contributed by atoms with E-state index in [1.165, 1.54) is 12.1 Å². The van der Waals surface area contributed by atoms with Gasteiger partial charge in [0, 0.05) is 38.1 Å². The predicted octanol–water partition coefficient (Wildman–Crippen LogP) is 3.00. The number of aromatic nitrogens is 1. The van der Waals surface area contributed by atoms with Crippen molar-refractivity contribution in [3.05, 3.63) is 59.7 Å². The summed E-state index contributed by atoms with van der Waals surface area (Å²) in [5.41, 5.74) is 1.68. The van der Waals surface area contributed by atoms with E-state index < -0.39 is 0 Å². The Morgan fingerprint density at radius 1 is 1.21 bits per heavy atom. The van der Waals surface area contributed by atoms with Gasteiger partial charge in [-0.15, -0.1) is 0 Å². The monoisotopic (exact) mass is 386 g/mol. The van der Waals surface area contributed by atoms with E-state index in [0.717, 1.165) is 17.7 Å². The van der Waals surface area contributed by atoms with Crippen molar-refractivity contribution in [2.45, 2.75) is 32.9 Å². The number of carbonyl (C=O) groups is 2. The molecule has 0 fully saturated rings. The Kier molecular flexibility index (Phi) is 6.34. The molecule has 1 atom stereocenters. The van der Waals surface area contributed by atoms with Crippen LogP contribution in [-0.2, 0) is 11.3 Å². The molecular formula is C21H27FN4O2. The first kappa shape index (κ1) is 19.9. The van der Waals surface area contributed by atoms with Crippen molar-refractivity contribution >= 4 is 11.9 Å². The van der Waals surface area contributed by atoms with Gasteiger partial charge in [0.25, 0.3) is 0 Å². The molecule has 0 aliphatic carbocycles. The normalized spacial score (nSPS) is 15.8. The minimum absolute atomic E-state index is 0.00615. The molecule has 1 aliphatic rings. The van der Waals surface area contributed by atoms with Crippen molar-refractivity contribution in [1.29, 1.82) is 0 Å². The molecule has 2 heterocycles. The van der Waals surface area contributed by atoms with Gasteiger partial charge >= 0.3 is 6.03 Å². The van der Waals surface area contributed by atoms with E-state index in [0.29, 0.717) is 26.2 Å². The Labute approximate surface area is 164 Å². The molecule has 0 radical (unpaired) electrons. The summed E-state index contributed by atoms with van der Waals surface area (Å²) in [5.74, 6) is -0.468. The SMILES string of the molecule is CCCN(CC(=O)N1CCn2cccc2C1c1cccc(F)c1)C(=O)NCC. The summed E-state index contributed by atoms with van der Waals surface area (Å²) in [7, 11) is 0. The molecule has 3 amide bonds. The van der Waals surface area contributed by atoms with E-state index >= 15 is 0 Å². The minimum Gasteiger partial charge on any atom is -0.348 e. The van der Waals surface area contributed by atoms with Crippen molar-refractivity contribution in [3.8, 4) is 0 Å². The van der Waals surface area contributed by atoms with Crippen molar-refractivity contribution in [1.82, 2.24) is 19.7 Å². The highest BCUT2D eigenvalue weighted by Crippen LogP contribution is 2.32. The molecule has 0 bridgehead atoms. The van der Waals surface area contributed by atoms with Gasteiger partial charge < -0.3 is 19.7 Å². The molecule has 1 aliphatic heterocycles. The Morgan fingerprint density at radius 3 is 2.75 bits per heavy atom. The van der Waals surface area contributed by atoms with Crippen LogP contribution < -0.4 is 5.32 Å². The fourth-order valence-electron chi connectivity index (χ4n) is 3.72. The van der Waals surface area contributed by atoms with Crippen molar-refractivity contribution in [2.24, 2.45) is 0 Å². The predicted molar refractivity (Wildman–Crippen MR) is 105 cm³/mol. The van der Waals surface area contributed by atoms with Gasteiger partial charge in [-0.05, 0) is 43.2 Å². The number of fused-ring (bicyclic) bond motifs is 1. The van der Waals surface area contributed by atoms with E-state index in [1.807, 2.05) is 38.2 Å². The van der Waals surface area contributed by atoms with Crippen LogP contribution in [-0.4, -0.2) is 52.5 Å². The van der Waals surface area contributed by atoms with Crippen LogP contribution in [0.15, 0.2) is 42.6 Å². The van der Waals surface area contributed by atoms with E-state index in [2.05, 4.69) is 9.88 Å². The molecule has 7 heteroatoms. The maximum absolute atomic E-state index is 13.9. The van der Waals surface area contributed by atoms with Gasteiger partial charge in [-0.25, -0.2) is 9.18 Å². The molecule has 28 heavy (non-hydrogen) atoms. The van der Waals surface area contributed by atoms with Crippen LogP contribution in [0.25, 0.3) is 0 Å². The average Bonchev–Trinajstić information content (AvgIpc) is 3.15. The fraction of sp³-hybridized carbons (Fsp3) is 0.429. The molecule has 6 nitrogen and oxygen atoms in total. The summed E-state index contributed by atoms with van der Waals surface area (Å²) in [4.78, 5) is 28.8. The molecule has 0 spiro atoms. The number of halogens is 1. The van der Waals surface area contributed by atoms with E-state index in [4.69, 9.17) is 0 Å². The highest BCUT2D eigenvalue weighted by Gasteiger charge is 2.33. The molecule has 2 aromatic rings. The number of benzene rings is 1. The fourth-order valence-corrected chi connectivity index (χ4v) is 3.72. The molecule has 150 valence electrons. The second-order valence-electron chi connectivity index (χ2n) is 6.93. The molecule has 3 rings (SSSR count). The zero-order chi connectivity index (χ0) is 20.1. The van der Waals surface area contributed by atoms with Crippen molar-refractivity contribution < 1.29 is 14.0 Å². The zero-order valence-corrected chi connectivity index (χ0v) is 16.4. The smallest absolute Gasteiger partial charge is 0.317 e. The quantitative estimate of drug-likeness (QED) is 0.830. The van der Waals surface area contributed by atoms with Crippen LogP contribution >= 0.6 is 0 Å². The van der Waals surface area contributed by atoms with Crippen LogP contribution in [0.3, 0.4) is 0 Å². The largest absolute Gasteiger partial charge is 0.348 e. The second-order valence-corrected chi connectivity index (χ2v) is 6.93. The van der Waals surface area contributed by atoms with E-state index in [9.17, 15) is 14.0 Å². The number of hydrogen-bond donors (Lipinski definition) is 1. The van der Waals surface area contributed by atoms with E-state index in [1.54, 1.807) is 15.9 Å². The molecular weight excluding hydrogens is 359 g/mol. The van der Waals surface area contributed by atoms with Gasteiger partial charge in [-0.3, -0.25) is 4.79 Å². The lowest BCUT2D eigenvalue weighted by Crippen LogP contribution is -2.50. The Hall–Kier alpha value is -2.83. The number of carbonyl (C=O) groups excluding carboxylic acids is 2. The average molecular weight is 386 g/mol. The number of amides is 3. The van der Waals surface area contributed by atoms with Gasteiger partial charge in [0.2, 0.25) is 5.91 Å². The van der Waals surface area contributed by atoms with Crippen molar-refractivity contribution in [3.63, 3.8) is 0 Å². The van der Waals surface area contributed by atoms with Gasteiger partial charge in [-0.2, -0.15) is 0 Å². The highest BCUT2D eigenvalue weighted by molar-refractivity contribution is 5.84. The van der Waals surface area contributed by atoms with Crippen LogP contribution in [0.4, 0.5) is 9.18 Å². The number of rotatable bonds is 6. The summed E-state index contributed by atoms with van der Waals surface area (Å²) >= 11 is 0. The third-order valence-electron chi connectivity index (χ3n) is 4.96. The first-order valence-corrected chi connectivity index (χ1v) is 9.77. The number of nitrogens with zero attached hydrogens (tertiary/aromatic N) is 3. The van der Waals surface area contributed by atoms with E-state index in [-0.39, 0.29) is 30.3 Å². The third-order valence-corrected chi connectivity index (χ3v) is 4.96. The topological polar surface area (TPSA) is 57.6 Å². The summed E-state index contributed by atoms with van der Waals surface area (Å²) in [6.45, 7) is 6.03. The molecule has 1 unspecified atom stereocenters. The first-order valence-electron chi connectivity index (χ1n) is 9.77. The number of urea groups is 1. The van der Waals surface area contributed by atoms with Gasteiger partial charge in [0.05, 0.1) is 6.04 Å². The third kappa shape index (κ3) is 4.18. The van der Waals surface area contributed by atoms with Crippen molar-refractivity contribution in [2.75, 3.05) is 26.2 Å². The lowest BCUT2D eigenvalue weighted by Gasteiger charge is -2.38. The van der Waals surface area contributed by atoms with Gasteiger partial charge in [0.1, 0.15) is 12.4 Å². The van der Waals surface area contributed by atoms with Gasteiger partial charge in [0.15, 0.2) is 0 Å². The second kappa shape index (κ2) is 8.91. The summed E-state index contributed by atoms with van der Waals surface area (Å²) in [6, 6.07) is 9.66. The Balaban J connectivity index is 1.88. The highest BCUT2D eigenvalue weighted by atomic mass is 19.1. The number of nitrogens with one attached hydrogen (secondary N) is 1. The first-order chi connectivity index (χ1) is 13.5. The number of hydrogen-bond acceptors (Lipinski definition) is 2. The van der Waals surface area contributed by atoms with Crippen LogP contribution in [0, 0.1) is 5.82 Å². The lowest BCUT2D eigenvalue weighted by atomic mass is 9.99. The molecule has 1 N–H and O–H groups in total. The summed E-state index contributed by atoms with van der Waals surface area (Å²) in [5, 5.41) is 2.76. The lowest BCUT2D eigenvalue weighted by molar-refractivity contribution is -0.134. The Morgan fingerprint density at radius 2 is 2.04 bits per heavy atom. The molecule has 1 aromatic carbocycles. The maximum Gasteiger partial charge on any atom is 0.317 e. The summed E-state index contributed by atoms with van der Waals surface area (Å²) < 4.78 is 16.0. The Bertz CT molecular complexity index is 835. The molecule has 1 aromatic heterocycles. The van der Waals surface area contributed by atoms with Gasteiger partial charge in [-0.1, -0.05) is 19.1 Å². The zero-order valence-electron chi connectivity index (χ0n) is 16.4. The maximum atomic E-state index is 13.9. The molecule has 0 saturated heterocycles. The summed E-state index contributed by atoms with van der Waals surface area (Å²) in [6.07, 6.45) is 2.74. The minimum atomic E-state index is -0.371. The van der Waals surface area contributed by atoms with Crippen LogP contribution in [0.5, 0.6) is 0 Å². The molecule has 0 saturated carbocycles. The van der Waals surface area contributed by atoms with Crippen LogP contribution in [0.2, 0.25) is 0 Å². The van der Waals surface area contributed by atoms with Crippen LogP contribution in [0.1, 0.15) is 37.6 Å².